The van der Waals surface area contributed by atoms with E-state index in [0.717, 1.165) is 5.41 Å². The Labute approximate surface area is 122 Å². The van der Waals surface area contributed by atoms with Crippen LogP contribution in [0, 0.1) is 0 Å². The SMILES string of the molecule is O=S1(=O)C=Cc2ccc(NS(=O)(=O)c3ccccc3)cc21. The molecule has 1 aliphatic heterocycles. The zero-order chi connectivity index (χ0) is 15.1. The van der Waals surface area contributed by atoms with Gasteiger partial charge in [-0.1, -0.05) is 24.3 Å². The molecule has 0 fully saturated rings. The van der Waals surface area contributed by atoms with Gasteiger partial charge in [0.05, 0.1) is 15.5 Å². The first kappa shape index (κ1) is 13.8. The van der Waals surface area contributed by atoms with Gasteiger partial charge in [-0.05, 0) is 35.9 Å². The first-order chi connectivity index (χ1) is 9.88. The lowest BCUT2D eigenvalue weighted by Gasteiger charge is -2.09. The highest BCUT2D eigenvalue weighted by Crippen LogP contribution is 2.30. The second kappa shape index (κ2) is 4.71. The molecule has 2 aromatic rings. The third-order valence-corrected chi connectivity index (χ3v) is 5.91. The van der Waals surface area contributed by atoms with E-state index in [-0.39, 0.29) is 15.5 Å². The van der Waals surface area contributed by atoms with Gasteiger partial charge in [-0.2, -0.15) is 0 Å². The molecule has 1 heterocycles. The molecule has 0 aliphatic carbocycles. The van der Waals surface area contributed by atoms with E-state index in [2.05, 4.69) is 4.72 Å². The number of sulfonamides is 1. The summed E-state index contributed by atoms with van der Waals surface area (Å²) in [6, 6.07) is 12.3. The molecular weight excluding hydrogens is 310 g/mol. The van der Waals surface area contributed by atoms with Crippen molar-refractivity contribution in [3.8, 4) is 0 Å². The number of nitrogens with one attached hydrogen (secondary N) is 1. The van der Waals surface area contributed by atoms with Crippen LogP contribution >= 0.6 is 0 Å². The Morgan fingerprint density at radius 2 is 1.67 bits per heavy atom. The predicted molar refractivity (Wildman–Crippen MR) is 79.9 cm³/mol. The molecule has 0 amide bonds. The van der Waals surface area contributed by atoms with E-state index in [1.807, 2.05) is 0 Å². The van der Waals surface area contributed by atoms with Crippen LogP contribution in [0.25, 0.3) is 6.08 Å². The average Bonchev–Trinajstić information content (AvgIpc) is 2.75. The van der Waals surface area contributed by atoms with Crippen molar-refractivity contribution in [3.63, 3.8) is 0 Å². The monoisotopic (exact) mass is 321 g/mol. The summed E-state index contributed by atoms with van der Waals surface area (Å²) in [5, 5.41) is 1.10. The fourth-order valence-electron chi connectivity index (χ4n) is 2.03. The maximum atomic E-state index is 12.2. The summed E-state index contributed by atoms with van der Waals surface area (Å²) in [5.74, 6) is 0. The smallest absolute Gasteiger partial charge is 0.261 e. The number of hydrogen-bond donors (Lipinski definition) is 1. The van der Waals surface area contributed by atoms with Gasteiger partial charge in [0.15, 0.2) is 0 Å². The van der Waals surface area contributed by atoms with E-state index < -0.39 is 19.9 Å². The Morgan fingerprint density at radius 1 is 0.952 bits per heavy atom. The van der Waals surface area contributed by atoms with Crippen LogP contribution < -0.4 is 4.72 Å². The predicted octanol–water partition coefficient (Wildman–Crippen LogP) is 2.25. The molecule has 0 radical (unpaired) electrons. The maximum absolute atomic E-state index is 12.2. The van der Waals surface area contributed by atoms with Crippen molar-refractivity contribution in [1.82, 2.24) is 0 Å². The summed E-state index contributed by atoms with van der Waals surface area (Å²) in [7, 11) is -7.20. The van der Waals surface area contributed by atoms with Gasteiger partial charge in [0.1, 0.15) is 0 Å². The molecular formula is C14H11NO4S2. The van der Waals surface area contributed by atoms with Crippen molar-refractivity contribution in [2.45, 2.75) is 9.79 Å². The Hall–Kier alpha value is -2.12. The second-order valence-corrected chi connectivity index (χ2v) is 8.00. The summed E-state index contributed by atoms with van der Waals surface area (Å²) < 4.78 is 50.3. The number of benzene rings is 2. The first-order valence-corrected chi connectivity index (χ1v) is 9.06. The summed E-state index contributed by atoms with van der Waals surface area (Å²) in [6.45, 7) is 0. The van der Waals surface area contributed by atoms with Gasteiger partial charge < -0.3 is 0 Å². The van der Waals surface area contributed by atoms with E-state index >= 15 is 0 Å². The minimum Gasteiger partial charge on any atom is -0.280 e. The average molecular weight is 321 g/mol. The summed E-state index contributed by atoms with van der Waals surface area (Å²) in [5.41, 5.74) is 0.766. The lowest BCUT2D eigenvalue weighted by atomic mass is 10.2. The third kappa shape index (κ3) is 2.57. The third-order valence-electron chi connectivity index (χ3n) is 3.05. The van der Waals surface area contributed by atoms with Crippen molar-refractivity contribution >= 4 is 31.6 Å². The number of rotatable bonds is 3. The topological polar surface area (TPSA) is 80.3 Å². The largest absolute Gasteiger partial charge is 0.280 e. The van der Waals surface area contributed by atoms with E-state index in [4.69, 9.17) is 0 Å². The molecule has 1 N–H and O–H groups in total. The van der Waals surface area contributed by atoms with E-state index in [1.165, 1.54) is 30.3 Å². The number of fused-ring (bicyclic) bond motifs is 1. The van der Waals surface area contributed by atoms with Crippen LogP contribution in [0.15, 0.2) is 63.7 Å². The fourth-order valence-corrected chi connectivity index (χ4v) is 4.33. The molecule has 5 nitrogen and oxygen atoms in total. The molecule has 0 unspecified atom stereocenters. The van der Waals surface area contributed by atoms with Crippen LogP contribution in [-0.4, -0.2) is 16.8 Å². The van der Waals surface area contributed by atoms with E-state index in [9.17, 15) is 16.8 Å². The van der Waals surface area contributed by atoms with Gasteiger partial charge in [-0.25, -0.2) is 16.8 Å². The molecule has 0 saturated carbocycles. The normalized spacial score (nSPS) is 15.6. The Balaban J connectivity index is 1.98. The molecule has 0 spiro atoms. The number of hydrogen-bond acceptors (Lipinski definition) is 4. The fraction of sp³-hybridized carbons (Fsp3) is 0. The van der Waals surface area contributed by atoms with E-state index in [0.29, 0.717) is 5.56 Å². The van der Waals surface area contributed by atoms with Gasteiger partial charge in [0, 0.05) is 5.41 Å². The highest BCUT2D eigenvalue weighted by molar-refractivity contribution is 7.95. The molecule has 1 aliphatic rings. The van der Waals surface area contributed by atoms with Gasteiger partial charge in [-0.3, -0.25) is 4.72 Å². The van der Waals surface area contributed by atoms with Crippen LogP contribution in [0.3, 0.4) is 0 Å². The minimum absolute atomic E-state index is 0.107. The van der Waals surface area contributed by atoms with E-state index in [1.54, 1.807) is 24.3 Å². The minimum atomic E-state index is -3.73. The van der Waals surface area contributed by atoms with Crippen LogP contribution in [0.5, 0.6) is 0 Å². The molecule has 7 heteroatoms. The highest BCUT2D eigenvalue weighted by atomic mass is 32.2. The maximum Gasteiger partial charge on any atom is 0.261 e. The first-order valence-electron chi connectivity index (χ1n) is 6.04. The molecule has 0 atom stereocenters. The van der Waals surface area contributed by atoms with Crippen LogP contribution in [0.2, 0.25) is 0 Å². The number of sulfone groups is 1. The Bertz CT molecular complexity index is 930. The lowest BCUT2D eigenvalue weighted by Crippen LogP contribution is -2.13. The van der Waals surface area contributed by atoms with Gasteiger partial charge in [-0.15, -0.1) is 0 Å². The molecule has 21 heavy (non-hydrogen) atoms. The quantitative estimate of drug-likeness (QED) is 0.940. The van der Waals surface area contributed by atoms with Crippen LogP contribution in [0.4, 0.5) is 5.69 Å². The Morgan fingerprint density at radius 3 is 2.38 bits per heavy atom. The Kier molecular flexibility index (Phi) is 3.11. The molecule has 108 valence electrons. The second-order valence-electron chi connectivity index (χ2n) is 4.52. The molecule has 0 saturated heterocycles. The number of anilines is 1. The molecule has 3 rings (SSSR count). The van der Waals surface area contributed by atoms with Crippen molar-refractivity contribution in [3.05, 3.63) is 59.5 Å². The summed E-state index contributed by atoms with van der Waals surface area (Å²) in [6.07, 6.45) is 1.49. The van der Waals surface area contributed by atoms with Crippen molar-refractivity contribution in [2.24, 2.45) is 0 Å². The van der Waals surface area contributed by atoms with Crippen LogP contribution in [-0.2, 0) is 19.9 Å². The van der Waals surface area contributed by atoms with Gasteiger partial charge in [0.2, 0.25) is 9.84 Å². The lowest BCUT2D eigenvalue weighted by molar-refractivity contribution is 0.600. The van der Waals surface area contributed by atoms with Crippen molar-refractivity contribution in [2.75, 3.05) is 4.72 Å². The highest BCUT2D eigenvalue weighted by Gasteiger charge is 2.22. The zero-order valence-corrected chi connectivity index (χ0v) is 12.4. The summed E-state index contributed by atoms with van der Waals surface area (Å²) >= 11 is 0. The van der Waals surface area contributed by atoms with Crippen LogP contribution in [0.1, 0.15) is 5.56 Å². The van der Waals surface area contributed by atoms with Gasteiger partial charge in [0.25, 0.3) is 10.0 Å². The van der Waals surface area contributed by atoms with Crippen molar-refractivity contribution in [1.29, 1.82) is 0 Å². The molecule has 0 aromatic heterocycles. The zero-order valence-electron chi connectivity index (χ0n) is 10.7. The van der Waals surface area contributed by atoms with Gasteiger partial charge >= 0.3 is 0 Å². The van der Waals surface area contributed by atoms with Crippen molar-refractivity contribution < 1.29 is 16.8 Å². The molecule has 0 bridgehead atoms. The molecule has 2 aromatic carbocycles. The summed E-state index contributed by atoms with van der Waals surface area (Å²) in [4.78, 5) is 0.224. The standard InChI is InChI=1S/C14H11NO4S2/c16-20(17)9-8-11-6-7-12(10-14(11)20)15-21(18,19)13-4-2-1-3-5-13/h1-10,15H.